The summed E-state index contributed by atoms with van der Waals surface area (Å²) in [4.78, 5) is 13.8. The molecule has 2 aromatic rings. The minimum atomic E-state index is -5.48. The summed E-state index contributed by atoms with van der Waals surface area (Å²) >= 11 is 0. The van der Waals surface area contributed by atoms with Gasteiger partial charge in [-0.15, -0.1) is 0 Å². The standard InChI is InChI=1S/C16H13F3N2O4S/c17-16(18,19)26(24,25)20-12-6-4-10(5-7-12)8-21-9-11-2-1-3-13(22)14(11)15(21)23/h1-7,20,22H,8-9H2. The summed E-state index contributed by atoms with van der Waals surface area (Å²) in [5, 5.41) is 9.79. The highest BCUT2D eigenvalue weighted by atomic mass is 32.2. The third-order valence-electron chi connectivity index (χ3n) is 3.88. The molecule has 2 aromatic carbocycles. The average Bonchev–Trinajstić information content (AvgIpc) is 2.85. The Bertz CT molecular complexity index is 956. The minimum Gasteiger partial charge on any atom is -0.507 e. The number of nitrogens with zero attached hydrogens (tertiary/aromatic N) is 1. The van der Waals surface area contributed by atoms with Crippen LogP contribution in [0.15, 0.2) is 42.5 Å². The van der Waals surface area contributed by atoms with Crippen molar-refractivity contribution in [3.05, 3.63) is 59.2 Å². The van der Waals surface area contributed by atoms with Crippen LogP contribution in [0, 0.1) is 0 Å². The number of halogens is 3. The second-order valence-electron chi connectivity index (χ2n) is 5.72. The molecule has 0 unspecified atom stereocenters. The first-order chi connectivity index (χ1) is 12.1. The Labute approximate surface area is 146 Å². The van der Waals surface area contributed by atoms with E-state index in [4.69, 9.17) is 0 Å². The molecule has 3 rings (SSSR count). The monoisotopic (exact) mass is 386 g/mol. The molecule has 6 nitrogen and oxygen atoms in total. The highest BCUT2D eigenvalue weighted by Gasteiger charge is 2.46. The molecule has 0 fully saturated rings. The predicted molar refractivity (Wildman–Crippen MR) is 86.7 cm³/mol. The SMILES string of the molecule is O=C1c2c(O)cccc2CN1Cc1ccc(NS(=O)(=O)C(F)(F)F)cc1. The van der Waals surface area contributed by atoms with E-state index in [2.05, 4.69) is 0 Å². The van der Waals surface area contributed by atoms with Crippen molar-refractivity contribution < 1.29 is 31.5 Å². The van der Waals surface area contributed by atoms with Crippen molar-refractivity contribution in [3.8, 4) is 5.75 Å². The van der Waals surface area contributed by atoms with E-state index in [0.717, 1.165) is 0 Å². The number of benzene rings is 2. The number of phenolic OH excluding ortho intramolecular Hbond substituents is 1. The van der Waals surface area contributed by atoms with Gasteiger partial charge in [-0.1, -0.05) is 24.3 Å². The number of nitrogens with one attached hydrogen (secondary N) is 1. The molecule has 0 spiro atoms. The second kappa shape index (κ2) is 6.20. The van der Waals surface area contributed by atoms with Gasteiger partial charge in [0.2, 0.25) is 0 Å². The molecule has 0 bridgehead atoms. The molecular weight excluding hydrogens is 373 g/mol. The van der Waals surface area contributed by atoms with Gasteiger partial charge in [0.25, 0.3) is 5.91 Å². The maximum Gasteiger partial charge on any atom is 0.516 e. The van der Waals surface area contributed by atoms with Crippen LogP contribution < -0.4 is 4.72 Å². The van der Waals surface area contributed by atoms with Crippen molar-refractivity contribution in [2.45, 2.75) is 18.6 Å². The molecule has 0 atom stereocenters. The highest BCUT2D eigenvalue weighted by Crippen LogP contribution is 2.31. The van der Waals surface area contributed by atoms with Crippen LogP contribution in [0.4, 0.5) is 18.9 Å². The van der Waals surface area contributed by atoms with Gasteiger partial charge in [0.1, 0.15) is 5.75 Å². The molecule has 1 aliphatic heterocycles. The van der Waals surface area contributed by atoms with Crippen LogP contribution in [0.1, 0.15) is 21.5 Å². The fourth-order valence-electron chi connectivity index (χ4n) is 2.64. The van der Waals surface area contributed by atoms with Crippen LogP contribution in [0.3, 0.4) is 0 Å². The van der Waals surface area contributed by atoms with Crippen LogP contribution >= 0.6 is 0 Å². The Morgan fingerprint density at radius 1 is 1.12 bits per heavy atom. The van der Waals surface area contributed by atoms with E-state index in [1.807, 2.05) is 0 Å². The van der Waals surface area contributed by atoms with Crippen molar-refractivity contribution in [2.75, 3.05) is 4.72 Å². The van der Waals surface area contributed by atoms with Crippen molar-refractivity contribution in [2.24, 2.45) is 0 Å². The number of carbonyl (C=O) groups excluding carboxylic acids is 1. The predicted octanol–water partition coefficient (Wildman–Crippen LogP) is 2.81. The number of alkyl halides is 3. The first kappa shape index (κ1) is 18.1. The maximum atomic E-state index is 12.4. The third kappa shape index (κ3) is 3.32. The molecule has 138 valence electrons. The van der Waals surface area contributed by atoms with Gasteiger partial charge in [-0.3, -0.25) is 9.52 Å². The zero-order chi connectivity index (χ0) is 19.1. The van der Waals surface area contributed by atoms with Crippen LogP contribution in [0.2, 0.25) is 0 Å². The quantitative estimate of drug-likeness (QED) is 0.846. The van der Waals surface area contributed by atoms with Crippen LogP contribution in [-0.2, 0) is 23.1 Å². The van der Waals surface area contributed by atoms with Crippen LogP contribution in [0.5, 0.6) is 5.75 Å². The minimum absolute atomic E-state index is 0.105. The Morgan fingerprint density at radius 3 is 2.35 bits per heavy atom. The summed E-state index contributed by atoms with van der Waals surface area (Å²) in [6.07, 6.45) is 0. The molecule has 0 aliphatic carbocycles. The lowest BCUT2D eigenvalue weighted by molar-refractivity contribution is -0.0429. The number of hydrogen-bond donors (Lipinski definition) is 2. The largest absolute Gasteiger partial charge is 0.516 e. The molecule has 2 N–H and O–H groups in total. The van der Waals surface area contributed by atoms with Gasteiger partial charge in [-0.25, -0.2) is 0 Å². The van der Waals surface area contributed by atoms with E-state index in [1.165, 1.54) is 40.0 Å². The molecular formula is C16H13F3N2O4S. The van der Waals surface area contributed by atoms with Crippen LogP contribution in [0.25, 0.3) is 0 Å². The van der Waals surface area contributed by atoms with Crippen molar-refractivity contribution in [1.29, 1.82) is 0 Å². The molecule has 26 heavy (non-hydrogen) atoms. The van der Waals surface area contributed by atoms with E-state index in [0.29, 0.717) is 17.7 Å². The zero-order valence-corrected chi connectivity index (χ0v) is 13.9. The number of anilines is 1. The van der Waals surface area contributed by atoms with Gasteiger partial charge in [0.15, 0.2) is 0 Å². The number of hydrogen-bond acceptors (Lipinski definition) is 4. The Morgan fingerprint density at radius 2 is 1.77 bits per heavy atom. The van der Waals surface area contributed by atoms with Gasteiger partial charge < -0.3 is 10.0 Å². The normalized spacial score (nSPS) is 14.4. The molecule has 0 radical (unpaired) electrons. The number of fused-ring (bicyclic) bond motifs is 1. The van der Waals surface area contributed by atoms with Gasteiger partial charge in [0.05, 0.1) is 5.56 Å². The number of amides is 1. The zero-order valence-electron chi connectivity index (χ0n) is 13.1. The molecule has 10 heteroatoms. The lowest BCUT2D eigenvalue weighted by Gasteiger charge is -2.16. The first-order valence-corrected chi connectivity index (χ1v) is 8.85. The molecule has 0 saturated heterocycles. The lowest BCUT2D eigenvalue weighted by Crippen LogP contribution is -2.29. The fourth-order valence-corrected chi connectivity index (χ4v) is 3.20. The Balaban J connectivity index is 1.72. The summed E-state index contributed by atoms with van der Waals surface area (Å²) in [5.74, 6) is -0.452. The maximum absolute atomic E-state index is 12.4. The van der Waals surface area contributed by atoms with Crippen LogP contribution in [-0.4, -0.2) is 29.8 Å². The second-order valence-corrected chi connectivity index (χ2v) is 7.39. The number of carbonyl (C=O) groups is 1. The highest BCUT2D eigenvalue weighted by molar-refractivity contribution is 7.93. The molecule has 1 amide bonds. The molecule has 0 saturated carbocycles. The lowest BCUT2D eigenvalue weighted by atomic mass is 10.1. The number of rotatable bonds is 4. The van der Waals surface area contributed by atoms with Crippen molar-refractivity contribution >= 4 is 21.6 Å². The van der Waals surface area contributed by atoms with Gasteiger partial charge in [-0.2, -0.15) is 21.6 Å². The number of sulfonamides is 1. The Kier molecular flexibility index (Phi) is 4.31. The number of phenols is 1. The molecule has 0 aromatic heterocycles. The van der Waals surface area contributed by atoms with Crippen molar-refractivity contribution in [3.63, 3.8) is 0 Å². The summed E-state index contributed by atoms with van der Waals surface area (Å²) in [5.41, 5.74) is -4.12. The third-order valence-corrected chi connectivity index (χ3v) is 4.99. The van der Waals surface area contributed by atoms with Gasteiger partial charge >= 0.3 is 15.5 Å². The summed E-state index contributed by atoms with van der Waals surface area (Å²) in [7, 11) is -5.48. The summed E-state index contributed by atoms with van der Waals surface area (Å²) in [6, 6.07) is 9.98. The smallest absolute Gasteiger partial charge is 0.507 e. The number of aromatic hydroxyl groups is 1. The van der Waals surface area contributed by atoms with Gasteiger partial charge in [0, 0.05) is 18.8 Å². The van der Waals surface area contributed by atoms with E-state index in [1.54, 1.807) is 12.1 Å². The first-order valence-electron chi connectivity index (χ1n) is 7.36. The molecule has 1 aliphatic rings. The topological polar surface area (TPSA) is 86.7 Å². The van der Waals surface area contributed by atoms with E-state index < -0.39 is 15.5 Å². The van der Waals surface area contributed by atoms with Crippen molar-refractivity contribution in [1.82, 2.24) is 4.90 Å². The van der Waals surface area contributed by atoms with E-state index in [9.17, 15) is 31.5 Å². The average molecular weight is 386 g/mol. The van der Waals surface area contributed by atoms with Gasteiger partial charge in [-0.05, 0) is 29.3 Å². The Hall–Kier alpha value is -2.75. The summed E-state index contributed by atoms with van der Waals surface area (Å²) < 4.78 is 60.7. The summed E-state index contributed by atoms with van der Waals surface area (Å²) in [6.45, 7) is 0.463. The molecule has 1 heterocycles. The van der Waals surface area contributed by atoms with E-state index in [-0.39, 0.29) is 29.5 Å². The van der Waals surface area contributed by atoms with E-state index >= 15 is 0 Å². The fraction of sp³-hybridized carbons (Fsp3) is 0.188.